The molecule has 0 aliphatic rings. The lowest BCUT2D eigenvalue weighted by Crippen LogP contribution is -2.15. The Kier molecular flexibility index (Phi) is 6.09. The van der Waals surface area contributed by atoms with Crippen molar-refractivity contribution in [3.8, 4) is 17.1 Å². The molecule has 3 aromatic carbocycles. The van der Waals surface area contributed by atoms with E-state index < -0.39 is 18.4 Å². The highest BCUT2D eigenvalue weighted by atomic mass is 35.5. The fourth-order valence-corrected chi connectivity index (χ4v) is 3.25. The predicted molar refractivity (Wildman–Crippen MR) is 118 cm³/mol. The molecule has 0 radical (unpaired) electrons. The Balaban J connectivity index is 1.67. The van der Waals surface area contributed by atoms with Gasteiger partial charge in [0.2, 0.25) is 0 Å². The zero-order valence-electron chi connectivity index (χ0n) is 17.0. The molecular formula is C24H17ClFN3O3. The smallest absolute Gasteiger partial charge is 0.378 e. The van der Waals surface area contributed by atoms with Crippen molar-refractivity contribution in [3.05, 3.63) is 101 Å². The van der Waals surface area contributed by atoms with Crippen LogP contribution >= 0.6 is 11.6 Å². The Morgan fingerprint density at radius 1 is 1.00 bits per heavy atom. The standard InChI is InChI=1S/C24H17ClFN3O3/c1-15-19(25)8-5-9-20(15)29-23(17-10-12-18(26)13-11-17)27-22(28-29)24(31)32-14-21(30)16-6-3-2-4-7-16/h2-13H,14H2,1H3. The van der Waals surface area contributed by atoms with E-state index in [0.29, 0.717) is 27.7 Å². The van der Waals surface area contributed by atoms with Crippen molar-refractivity contribution in [3.63, 3.8) is 0 Å². The van der Waals surface area contributed by atoms with Gasteiger partial charge in [-0.1, -0.05) is 48.0 Å². The van der Waals surface area contributed by atoms with E-state index in [1.165, 1.54) is 28.9 Å². The molecule has 160 valence electrons. The molecule has 8 heteroatoms. The molecule has 0 bridgehead atoms. The number of carbonyl (C=O) groups is 2. The zero-order chi connectivity index (χ0) is 22.7. The Bertz CT molecular complexity index is 1290. The average Bonchev–Trinajstić information content (AvgIpc) is 3.25. The van der Waals surface area contributed by atoms with Crippen LogP contribution in [0.2, 0.25) is 5.02 Å². The SMILES string of the molecule is Cc1c(Cl)cccc1-n1nc(C(=O)OCC(=O)c2ccccc2)nc1-c1ccc(F)cc1. The van der Waals surface area contributed by atoms with Crippen molar-refractivity contribution in [2.45, 2.75) is 6.92 Å². The van der Waals surface area contributed by atoms with E-state index in [1.54, 1.807) is 48.5 Å². The number of hydrogen-bond acceptors (Lipinski definition) is 5. The highest BCUT2D eigenvalue weighted by Gasteiger charge is 2.22. The van der Waals surface area contributed by atoms with E-state index in [4.69, 9.17) is 16.3 Å². The number of benzene rings is 3. The number of Topliss-reactive ketones (excluding diaryl/α,β-unsaturated/α-hetero) is 1. The molecule has 0 fully saturated rings. The normalized spacial score (nSPS) is 10.7. The Labute approximate surface area is 188 Å². The van der Waals surface area contributed by atoms with Gasteiger partial charge in [-0.2, -0.15) is 0 Å². The lowest BCUT2D eigenvalue weighted by atomic mass is 10.1. The second-order valence-electron chi connectivity index (χ2n) is 6.93. The summed E-state index contributed by atoms with van der Waals surface area (Å²) in [5.41, 5.74) is 2.29. The molecule has 4 rings (SSSR count). The van der Waals surface area contributed by atoms with Gasteiger partial charge in [-0.05, 0) is 48.9 Å². The molecule has 0 unspecified atom stereocenters. The number of esters is 1. The molecule has 0 saturated heterocycles. The van der Waals surface area contributed by atoms with E-state index >= 15 is 0 Å². The molecule has 6 nitrogen and oxygen atoms in total. The number of halogens is 2. The van der Waals surface area contributed by atoms with Crippen molar-refractivity contribution < 1.29 is 18.7 Å². The van der Waals surface area contributed by atoms with Crippen LogP contribution in [-0.2, 0) is 4.74 Å². The quantitative estimate of drug-likeness (QED) is 0.303. The van der Waals surface area contributed by atoms with Crippen molar-refractivity contribution >= 4 is 23.4 Å². The minimum Gasteiger partial charge on any atom is -0.451 e. The van der Waals surface area contributed by atoms with Gasteiger partial charge >= 0.3 is 5.97 Å². The van der Waals surface area contributed by atoms with Crippen LogP contribution in [0, 0.1) is 12.7 Å². The van der Waals surface area contributed by atoms with Crippen LogP contribution < -0.4 is 0 Å². The number of hydrogen-bond donors (Lipinski definition) is 0. The van der Waals surface area contributed by atoms with Crippen LogP contribution in [0.3, 0.4) is 0 Å². The van der Waals surface area contributed by atoms with Gasteiger partial charge in [-0.15, -0.1) is 5.10 Å². The summed E-state index contributed by atoms with van der Waals surface area (Å²) in [5, 5.41) is 4.81. The van der Waals surface area contributed by atoms with Gasteiger partial charge in [0.15, 0.2) is 18.2 Å². The molecule has 1 heterocycles. The summed E-state index contributed by atoms with van der Waals surface area (Å²) < 4.78 is 20.0. The van der Waals surface area contributed by atoms with Gasteiger partial charge < -0.3 is 4.74 Å². The van der Waals surface area contributed by atoms with Gasteiger partial charge in [0.25, 0.3) is 5.82 Å². The second kappa shape index (κ2) is 9.11. The Morgan fingerprint density at radius 3 is 2.44 bits per heavy atom. The molecule has 0 spiro atoms. The maximum Gasteiger partial charge on any atom is 0.378 e. The number of ketones is 1. The largest absolute Gasteiger partial charge is 0.451 e. The lowest BCUT2D eigenvalue weighted by Gasteiger charge is -2.10. The van der Waals surface area contributed by atoms with E-state index in [9.17, 15) is 14.0 Å². The number of aromatic nitrogens is 3. The summed E-state index contributed by atoms with van der Waals surface area (Å²) in [7, 11) is 0. The average molecular weight is 450 g/mol. The van der Waals surface area contributed by atoms with Crippen LogP contribution in [-0.4, -0.2) is 33.1 Å². The highest BCUT2D eigenvalue weighted by molar-refractivity contribution is 6.31. The summed E-state index contributed by atoms with van der Waals surface area (Å²) in [6.45, 7) is 1.36. The number of ether oxygens (including phenoxy) is 1. The van der Waals surface area contributed by atoms with Crippen molar-refractivity contribution in [1.82, 2.24) is 14.8 Å². The summed E-state index contributed by atoms with van der Waals surface area (Å²) in [4.78, 5) is 29.2. The fraction of sp³-hybridized carbons (Fsp3) is 0.0833. The van der Waals surface area contributed by atoms with Gasteiger partial charge in [-0.3, -0.25) is 4.79 Å². The van der Waals surface area contributed by atoms with E-state index in [2.05, 4.69) is 10.1 Å². The summed E-state index contributed by atoms with van der Waals surface area (Å²) in [5.74, 6) is -1.53. The molecule has 0 aliphatic heterocycles. The molecule has 0 aliphatic carbocycles. The van der Waals surface area contributed by atoms with Crippen LogP contribution in [0.15, 0.2) is 72.8 Å². The molecule has 0 amide bonds. The minimum atomic E-state index is -0.851. The summed E-state index contributed by atoms with van der Waals surface area (Å²) in [6.07, 6.45) is 0. The summed E-state index contributed by atoms with van der Waals surface area (Å²) in [6, 6.07) is 19.4. The first-order valence-electron chi connectivity index (χ1n) is 9.68. The molecular weight excluding hydrogens is 433 g/mol. The third kappa shape index (κ3) is 4.43. The van der Waals surface area contributed by atoms with Crippen molar-refractivity contribution in [2.24, 2.45) is 0 Å². The van der Waals surface area contributed by atoms with Gasteiger partial charge in [0.1, 0.15) is 5.82 Å². The molecule has 0 atom stereocenters. The minimum absolute atomic E-state index is 0.232. The van der Waals surface area contributed by atoms with E-state index in [-0.39, 0.29) is 11.6 Å². The Morgan fingerprint density at radius 2 is 1.72 bits per heavy atom. The first kappa shape index (κ1) is 21.4. The third-order valence-electron chi connectivity index (χ3n) is 4.79. The zero-order valence-corrected chi connectivity index (χ0v) is 17.7. The van der Waals surface area contributed by atoms with Crippen molar-refractivity contribution in [1.29, 1.82) is 0 Å². The van der Waals surface area contributed by atoms with E-state index in [1.807, 2.05) is 6.92 Å². The molecule has 4 aromatic rings. The highest BCUT2D eigenvalue weighted by Crippen LogP contribution is 2.27. The fourth-order valence-electron chi connectivity index (χ4n) is 3.08. The lowest BCUT2D eigenvalue weighted by molar-refractivity contribution is 0.0462. The van der Waals surface area contributed by atoms with Crippen LogP contribution in [0.5, 0.6) is 0 Å². The van der Waals surface area contributed by atoms with Gasteiger partial charge in [-0.25, -0.2) is 18.9 Å². The number of carbonyl (C=O) groups excluding carboxylic acids is 2. The van der Waals surface area contributed by atoms with Crippen LogP contribution in [0.1, 0.15) is 26.5 Å². The third-order valence-corrected chi connectivity index (χ3v) is 5.20. The first-order valence-corrected chi connectivity index (χ1v) is 10.1. The maximum atomic E-state index is 13.4. The molecule has 32 heavy (non-hydrogen) atoms. The topological polar surface area (TPSA) is 74.1 Å². The van der Waals surface area contributed by atoms with Crippen LogP contribution in [0.4, 0.5) is 4.39 Å². The summed E-state index contributed by atoms with van der Waals surface area (Å²) >= 11 is 6.25. The van der Waals surface area contributed by atoms with Crippen molar-refractivity contribution in [2.75, 3.05) is 6.61 Å². The molecule has 0 saturated carbocycles. The van der Waals surface area contributed by atoms with Crippen LogP contribution in [0.25, 0.3) is 17.1 Å². The Hall–Kier alpha value is -3.84. The van der Waals surface area contributed by atoms with E-state index in [0.717, 1.165) is 5.56 Å². The number of nitrogens with zero attached hydrogens (tertiary/aromatic N) is 3. The van der Waals surface area contributed by atoms with Gasteiger partial charge in [0.05, 0.1) is 5.69 Å². The number of rotatable bonds is 6. The monoisotopic (exact) mass is 449 g/mol. The maximum absolute atomic E-state index is 13.4. The second-order valence-corrected chi connectivity index (χ2v) is 7.33. The first-order chi connectivity index (χ1) is 15.4. The predicted octanol–water partition coefficient (Wildman–Crippen LogP) is 5.07. The van der Waals surface area contributed by atoms with Gasteiger partial charge in [0, 0.05) is 16.1 Å². The molecule has 0 N–H and O–H groups in total. The molecule has 1 aromatic heterocycles.